The molecule has 0 aliphatic rings. The van der Waals surface area contributed by atoms with Crippen molar-refractivity contribution in [3.63, 3.8) is 0 Å². The van der Waals surface area contributed by atoms with E-state index < -0.39 is 5.91 Å². The third-order valence-electron chi connectivity index (χ3n) is 3.65. The fraction of sp³-hybridized carbons (Fsp3) is 0.167. The Morgan fingerprint density at radius 3 is 2.79 bits per heavy atom. The maximum absolute atomic E-state index is 12.0. The quantitative estimate of drug-likeness (QED) is 0.465. The Hall–Kier alpha value is -3.95. The maximum atomic E-state index is 12.0. The number of ether oxygens (including phenoxy) is 2. The Labute approximate surface area is 160 Å². The van der Waals surface area contributed by atoms with Crippen LogP contribution in [0.15, 0.2) is 47.6 Å². The lowest BCUT2D eigenvalue weighted by Crippen LogP contribution is -2.24. The zero-order chi connectivity index (χ0) is 19.9. The molecule has 0 radical (unpaired) electrons. The number of phenols is 1. The van der Waals surface area contributed by atoms with Crippen molar-refractivity contribution in [1.82, 2.24) is 25.6 Å². The van der Waals surface area contributed by atoms with Crippen molar-refractivity contribution in [1.29, 1.82) is 0 Å². The summed E-state index contributed by atoms with van der Waals surface area (Å²) >= 11 is 0. The van der Waals surface area contributed by atoms with Crippen molar-refractivity contribution in [2.75, 3.05) is 14.2 Å². The molecule has 0 saturated carbocycles. The van der Waals surface area contributed by atoms with E-state index in [1.54, 1.807) is 43.5 Å². The predicted molar refractivity (Wildman–Crippen MR) is 100 cm³/mol. The zero-order valence-electron chi connectivity index (χ0n) is 15.2. The number of hydrogen-bond acceptors (Lipinski definition) is 8. The average molecular weight is 382 g/mol. The van der Waals surface area contributed by atoms with E-state index in [1.807, 2.05) is 0 Å². The van der Waals surface area contributed by atoms with E-state index in [0.717, 1.165) is 4.80 Å². The van der Waals surface area contributed by atoms with Gasteiger partial charge in [0.1, 0.15) is 12.3 Å². The molecule has 0 bridgehead atoms. The van der Waals surface area contributed by atoms with E-state index in [-0.39, 0.29) is 12.3 Å². The van der Waals surface area contributed by atoms with Crippen molar-refractivity contribution in [2.24, 2.45) is 5.10 Å². The van der Waals surface area contributed by atoms with Crippen molar-refractivity contribution < 1.29 is 19.4 Å². The summed E-state index contributed by atoms with van der Waals surface area (Å²) in [6, 6.07) is 11.7. The number of carbonyl (C=O) groups is 1. The summed E-state index contributed by atoms with van der Waals surface area (Å²) in [5, 5.41) is 25.2. The van der Waals surface area contributed by atoms with E-state index in [1.165, 1.54) is 19.4 Å². The molecule has 0 fully saturated rings. The highest BCUT2D eigenvalue weighted by Crippen LogP contribution is 2.30. The van der Waals surface area contributed by atoms with Crippen molar-refractivity contribution in [3.05, 3.63) is 48.0 Å². The van der Waals surface area contributed by atoms with Crippen molar-refractivity contribution >= 4 is 12.1 Å². The van der Waals surface area contributed by atoms with Gasteiger partial charge in [-0.25, -0.2) is 5.43 Å². The molecule has 0 aliphatic carbocycles. The van der Waals surface area contributed by atoms with Gasteiger partial charge in [0.2, 0.25) is 5.82 Å². The molecule has 1 amide bonds. The molecule has 0 saturated heterocycles. The summed E-state index contributed by atoms with van der Waals surface area (Å²) in [6.45, 7) is -0.155. The van der Waals surface area contributed by atoms with Crippen LogP contribution < -0.4 is 14.9 Å². The molecule has 28 heavy (non-hydrogen) atoms. The van der Waals surface area contributed by atoms with Crippen LogP contribution in [0.4, 0.5) is 0 Å². The van der Waals surface area contributed by atoms with Crippen LogP contribution in [0.5, 0.6) is 17.2 Å². The van der Waals surface area contributed by atoms with Gasteiger partial charge in [0.15, 0.2) is 11.5 Å². The molecule has 0 atom stereocenters. The summed E-state index contributed by atoms with van der Waals surface area (Å²) in [7, 11) is 3.08. The summed E-state index contributed by atoms with van der Waals surface area (Å²) in [5.41, 5.74) is 3.69. The number of amides is 1. The molecule has 0 unspecified atom stereocenters. The molecule has 1 aromatic heterocycles. The predicted octanol–water partition coefficient (Wildman–Crippen LogP) is 1.21. The van der Waals surface area contributed by atoms with Gasteiger partial charge in [-0.15, -0.1) is 10.2 Å². The number of rotatable bonds is 7. The Kier molecular flexibility index (Phi) is 5.80. The molecular weight excluding hydrogens is 364 g/mol. The highest BCUT2D eigenvalue weighted by atomic mass is 16.5. The monoisotopic (exact) mass is 382 g/mol. The molecule has 0 spiro atoms. The normalized spacial score (nSPS) is 10.8. The maximum Gasteiger partial charge on any atom is 0.263 e. The number of tetrazole rings is 1. The topological polar surface area (TPSA) is 124 Å². The van der Waals surface area contributed by atoms with Crippen molar-refractivity contribution in [3.8, 4) is 28.6 Å². The number of methoxy groups -OCH3 is 2. The fourth-order valence-electron chi connectivity index (χ4n) is 2.35. The van der Waals surface area contributed by atoms with Gasteiger partial charge < -0.3 is 14.6 Å². The summed E-state index contributed by atoms with van der Waals surface area (Å²) in [6.07, 6.45) is 1.42. The van der Waals surface area contributed by atoms with Crippen LogP contribution in [0.1, 0.15) is 5.56 Å². The van der Waals surface area contributed by atoms with Crippen LogP contribution in [0.25, 0.3) is 11.4 Å². The summed E-state index contributed by atoms with van der Waals surface area (Å²) in [4.78, 5) is 13.1. The minimum atomic E-state index is -0.423. The smallest absolute Gasteiger partial charge is 0.263 e. The molecule has 0 aliphatic heterocycles. The second kappa shape index (κ2) is 8.62. The van der Waals surface area contributed by atoms with Crippen molar-refractivity contribution in [2.45, 2.75) is 6.54 Å². The zero-order valence-corrected chi connectivity index (χ0v) is 15.2. The van der Waals surface area contributed by atoms with Gasteiger partial charge in [0.05, 0.1) is 20.4 Å². The number of carbonyl (C=O) groups excluding carboxylic acids is 1. The number of hydrazone groups is 1. The van der Waals surface area contributed by atoms with Gasteiger partial charge in [-0.1, -0.05) is 12.1 Å². The molecule has 2 aromatic carbocycles. The van der Waals surface area contributed by atoms with E-state index in [4.69, 9.17) is 9.47 Å². The van der Waals surface area contributed by atoms with Crippen LogP contribution in [0.3, 0.4) is 0 Å². The Morgan fingerprint density at radius 1 is 1.21 bits per heavy atom. The first-order valence-corrected chi connectivity index (χ1v) is 8.20. The van der Waals surface area contributed by atoms with Gasteiger partial charge in [0, 0.05) is 5.56 Å². The third kappa shape index (κ3) is 4.61. The lowest BCUT2D eigenvalue weighted by atomic mass is 10.2. The first kappa shape index (κ1) is 18.8. The van der Waals surface area contributed by atoms with Crippen LogP contribution >= 0.6 is 0 Å². The van der Waals surface area contributed by atoms with E-state index in [0.29, 0.717) is 28.5 Å². The van der Waals surface area contributed by atoms with Crippen LogP contribution in [-0.2, 0) is 11.3 Å². The van der Waals surface area contributed by atoms with Gasteiger partial charge >= 0.3 is 0 Å². The minimum Gasteiger partial charge on any atom is -0.508 e. The molecule has 3 aromatic rings. The number of benzene rings is 2. The van der Waals surface area contributed by atoms with E-state index >= 15 is 0 Å². The molecular formula is C18H18N6O4. The van der Waals surface area contributed by atoms with Crippen LogP contribution in [-0.4, -0.2) is 51.7 Å². The van der Waals surface area contributed by atoms with E-state index in [9.17, 15) is 9.90 Å². The standard InChI is InChI=1S/C18H18N6O4/c1-27-15-7-6-13(9-16(15)28-2)18-21-23-24(22-18)11-17(26)20-19-10-12-4-3-5-14(25)8-12/h3-10,25H,11H2,1-2H3,(H,20,26)/b19-10+. The number of nitrogens with one attached hydrogen (secondary N) is 1. The molecule has 144 valence electrons. The molecule has 10 nitrogen and oxygen atoms in total. The first-order valence-electron chi connectivity index (χ1n) is 8.20. The molecule has 10 heteroatoms. The second-order valence-electron chi connectivity index (χ2n) is 5.60. The highest BCUT2D eigenvalue weighted by Gasteiger charge is 2.12. The number of aromatic hydroxyl groups is 1. The number of aromatic nitrogens is 4. The summed E-state index contributed by atoms with van der Waals surface area (Å²) < 4.78 is 10.4. The third-order valence-corrected chi connectivity index (χ3v) is 3.65. The van der Waals surface area contributed by atoms with Gasteiger partial charge in [0.25, 0.3) is 5.91 Å². The molecule has 2 N–H and O–H groups in total. The van der Waals surface area contributed by atoms with Crippen LogP contribution in [0, 0.1) is 0 Å². The summed E-state index contributed by atoms with van der Waals surface area (Å²) in [5.74, 6) is 1.16. The molecule has 1 heterocycles. The second-order valence-corrected chi connectivity index (χ2v) is 5.60. The lowest BCUT2D eigenvalue weighted by molar-refractivity contribution is -0.122. The average Bonchev–Trinajstić information content (AvgIpc) is 3.16. The Balaban J connectivity index is 1.62. The highest BCUT2D eigenvalue weighted by molar-refractivity contribution is 5.82. The largest absolute Gasteiger partial charge is 0.508 e. The van der Waals surface area contributed by atoms with Gasteiger partial charge in [-0.3, -0.25) is 4.79 Å². The van der Waals surface area contributed by atoms with Gasteiger partial charge in [-0.2, -0.15) is 9.90 Å². The minimum absolute atomic E-state index is 0.116. The van der Waals surface area contributed by atoms with Gasteiger partial charge in [-0.05, 0) is 41.1 Å². The Bertz CT molecular complexity index is 1000. The first-order chi connectivity index (χ1) is 13.6. The number of hydrogen-bond donors (Lipinski definition) is 2. The number of nitrogens with zero attached hydrogens (tertiary/aromatic N) is 5. The molecule has 3 rings (SSSR count). The lowest BCUT2D eigenvalue weighted by Gasteiger charge is -2.07. The SMILES string of the molecule is COc1ccc(-c2nnn(CC(=O)N/N=C/c3cccc(O)c3)n2)cc1OC. The fourth-order valence-corrected chi connectivity index (χ4v) is 2.35. The number of phenolic OH excluding ortho intramolecular Hbond substituents is 1. The van der Waals surface area contributed by atoms with Crippen LogP contribution in [0.2, 0.25) is 0 Å². The Morgan fingerprint density at radius 2 is 2.04 bits per heavy atom. The van der Waals surface area contributed by atoms with E-state index in [2.05, 4.69) is 25.9 Å².